The van der Waals surface area contributed by atoms with E-state index in [4.69, 9.17) is 5.73 Å². The Hall–Kier alpha value is -2.47. The Kier molecular flexibility index (Phi) is 8.58. The third-order valence-corrected chi connectivity index (χ3v) is 4.89. The highest BCUT2D eigenvalue weighted by atomic mass is 16.3. The van der Waals surface area contributed by atoms with E-state index in [2.05, 4.69) is 18.0 Å². The zero-order valence-electron chi connectivity index (χ0n) is 17.7. The van der Waals surface area contributed by atoms with Gasteiger partial charge in [-0.3, -0.25) is 4.79 Å². The molecule has 5 nitrogen and oxygen atoms in total. The summed E-state index contributed by atoms with van der Waals surface area (Å²) in [5.41, 5.74) is 11.3. The van der Waals surface area contributed by atoms with Crippen LogP contribution in [0.25, 0.3) is 5.57 Å². The summed E-state index contributed by atoms with van der Waals surface area (Å²) in [6.07, 6.45) is 0.339. The van der Waals surface area contributed by atoms with Gasteiger partial charge in [0.1, 0.15) is 0 Å². The summed E-state index contributed by atoms with van der Waals surface area (Å²) in [7, 11) is 3.51. The van der Waals surface area contributed by atoms with Crippen molar-refractivity contribution in [3.05, 3.63) is 77.4 Å². The van der Waals surface area contributed by atoms with E-state index < -0.39 is 6.10 Å². The third-order valence-electron chi connectivity index (χ3n) is 4.89. The van der Waals surface area contributed by atoms with Crippen molar-refractivity contribution >= 4 is 11.5 Å². The molecule has 5 heteroatoms. The first-order chi connectivity index (χ1) is 13.8. The van der Waals surface area contributed by atoms with Crippen LogP contribution in [0.3, 0.4) is 0 Å². The van der Waals surface area contributed by atoms with Crippen molar-refractivity contribution in [1.29, 1.82) is 0 Å². The molecule has 156 valence electrons. The van der Waals surface area contributed by atoms with E-state index in [1.165, 1.54) is 0 Å². The fourth-order valence-corrected chi connectivity index (χ4v) is 3.08. The number of carbonyl (C=O) groups excluding carboxylic acids is 1. The number of allylic oxidation sites excluding steroid dienone is 1. The lowest BCUT2D eigenvalue weighted by atomic mass is 9.99. The number of nitrogens with zero attached hydrogens (tertiary/aromatic N) is 1. The van der Waals surface area contributed by atoms with Gasteiger partial charge in [-0.1, -0.05) is 60.7 Å². The quantitative estimate of drug-likeness (QED) is 0.577. The molecule has 0 saturated carbocycles. The monoisotopic (exact) mass is 395 g/mol. The van der Waals surface area contributed by atoms with Crippen LogP contribution in [-0.4, -0.2) is 48.7 Å². The molecule has 0 fully saturated rings. The Bertz CT molecular complexity index is 818. The summed E-state index contributed by atoms with van der Waals surface area (Å²) >= 11 is 0. The molecule has 2 rings (SSSR count). The molecule has 0 aliphatic carbocycles. The zero-order valence-corrected chi connectivity index (χ0v) is 17.7. The summed E-state index contributed by atoms with van der Waals surface area (Å²) in [6, 6.07) is 15.7. The summed E-state index contributed by atoms with van der Waals surface area (Å²) in [5, 5.41) is 13.7. The molecular formula is C24H33N3O2. The summed E-state index contributed by atoms with van der Waals surface area (Å²) in [4.78, 5) is 13.7. The van der Waals surface area contributed by atoms with Crippen LogP contribution in [0.2, 0.25) is 0 Å². The van der Waals surface area contributed by atoms with Crippen molar-refractivity contribution in [2.75, 3.05) is 20.6 Å². The average molecular weight is 396 g/mol. The third kappa shape index (κ3) is 7.46. The minimum Gasteiger partial charge on any atom is -0.390 e. The van der Waals surface area contributed by atoms with Gasteiger partial charge in [-0.25, -0.2) is 0 Å². The number of rotatable bonds is 10. The van der Waals surface area contributed by atoms with Gasteiger partial charge in [0.15, 0.2) is 0 Å². The Labute approximate surface area is 174 Å². The average Bonchev–Trinajstić information content (AvgIpc) is 2.68. The van der Waals surface area contributed by atoms with E-state index in [-0.39, 0.29) is 11.9 Å². The fraction of sp³-hybridized carbons (Fsp3) is 0.375. The van der Waals surface area contributed by atoms with Crippen LogP contribution < -0.4 is 11.1 Å². The number of amides is 1. The summed E-state index contributed by atoms with van der Waals surface area (Å²) in [5.74, 6) is 0.0603. The van der Waals surface area contributed by atoms with Crippen LogP contribution in [0, 0.1) is 0 Å². The number of aliphatic hydroxyl groups is 1. The minimum absolute atomic E-state index is 0.0603. The van der Waals surface area contributed by atoms with Crippen molar-refractivity contribution in [3.8, 4) is 0 Å². The first-order valence-corrected chi connectivity index (χ1v) is 9.93. The van der Waals surface area contributed by atoms with E-state index in [9.17, 15) is 9.90 Å². The van der Waals surface area contributed by atoms with Gasteiger partial charge in [0.05, 0.1) is 12.5 Å². The molecule has 2 aromatic rings. The van der Waals surface area contributed by atoms with Crippen molar-refractivity contribution in [2.45, 2.75) is 38.5 Å². The Balaban J connectivity index is 1.95. The Morgan fingerprint density at radius 2 is 1.79 bits per heavy atom. The predicted octanol–water partition coefficient (Wildman–Crippen LogP) is 2.37. The molecule has 0 spiro atoms. The molecule has 0 unspecified atom stereocenters. The lowest BCUT2D eigenvalue weighted by molar-refractivity contribution is -0.127. The molecule has 2 aromatic carbocycles. The summed E-state index contributed by atoms with van der Waals surface area (Å²) < 4.78 is 0. The van der Waals surface area contributed by atoms with Gasteiger partial charge >= 0.3 is 0 Å². The van der Waals surface area contributed by atoms with E-state index in [1.807, 2.05) is 49.4 Å². The highest BCUT2D eigenvalue weighted by Gasteiger charge is 2.15. The number of benzene rings is 2. The van der Waals surface area contributed by atoms with Gasteiger partial charge < -0.3 is 21.1 Å². The number of aliphatic hydroxyl groups excluding tert-OH is 1. The van der Waals surface area contributed by atoms with Crippen molar-refractivity contribution in [1.82, 2.24) is 10.2 Å². The topological polar surface area (TPSA) is 78.6 Å². The number of carbonyl (C=O) groups is 1. The molecule has 0 aromatic heterocycles. The smallest absolute Gasteiger partial charge is 0.226 e. The first kappa shape index (κ1) is 22.8. The van der Waals surface area contributed by atoms with Crippen LogP contribution in [0.4, 0.5) is 0 Å². The van der Waals surface area contributed by atoms with Gasteiger partial charge in [0.25, 0.3) is 0 Å². The molecule has 0 saturated heterocycles. The predicted molar refractivity (Wildman–Crippen MR) is 119 cm³/mol. The maximum Gasteiger partial charge on any atom is 0.226 e. The molecular weight excluding hydrogens is 362 g/mol. The molecule has 0 radical (unpaired) electrons. The number of hydrogen-bond donors (Lipinski definition) is 3. The number of likely N-dealkylation sites (N-methyl/N-ethyl adjacent to an activating group) is 1. The van der Waals surface area contributed by atoms with Crippen LogP contribution >= 0.6 is 0 Å². The number of hydrogen-bond acceptors (Lipinski definition) is 4. The lowest BCUT2D eigenvalue weighted by Gasteiger charge is -2.20. The van der Waals surface area contributed by atoms with Crippen molar-refractivity contribution < 1.29 is 9.90 Å². The van der Waals surface area contributed by atoms with Crippen LogP contribution in [0.15, 0.2) is 55.1 Å². The van der Waals surface area contributed by atoms with Gasteiger partial charge in [-0.2, -0.15) is 0 Å². The standard InChI is InChI=1S/C24H33N3O2/c1-17(2)21-11-19(14-24(29)27(3)4)10-20(12-21)15-26-16-23(28)22(25)13-18-8-6-5-7-9-18/h5-12,22-23,26,28H,1,13-16,25H2,2-4H3/t22-,23+/m0/s1. The molecule has 0 aliphatic heterocycles. The molecule has 2 atom stereocenters. The molecule has 1 amide bonds. The summed E-state index contributed by atoms with van der Waals surface area (Å²) in [6.45, 7) is 6.96. The SMILES string of the molecule is C=C(C)c1cc(CNC[C@@H](O)[C@@H](N)Cc2ccccc2)cc(CC(=O)N(C)C)c1. The first-order valence-electron chi connectivity index (χ1n) is 9.93. The number of nitrogens with one attached hydrogen (secondary N) is 1. The second-order valence-corrected chi connectivity index (χ2v) is 7.84. The molecule has 4 N–H and O–H groups in total. The Morgan fingerprint density at radius 3 is 2.41 bits per heavy atom. The van der Waals surface area contributed by atoms with Gasteiger partial charge in [0, 0.05) is 33.2 Å². The normalized spacial score (nSPS) is 13.0. The van der Waals surface area contributed by atoms with Crippen LogP contribution in [-0.2, 0) is 24.2 Å². The van der Waals surface area contributed by atoms with Gasteiger partial charge in [0.2, 0.25) is 5.91 Å². The lowest BCUT2D eigenvalue weighted by Crippen LogP contribution is -2.43. The molecule has 29 heavy (non-hydrogen) atoms. The van der Waals surface area contributed by atoms with Crippen molar-refractivity contribution in [3.63, 3.8) is 0 Å². The van der Waals surface area contributed by atoms with Crippen molar-refractivity contribution in [2.24, 2.45) is 5.73 Å². The Morgan fingerprint density at radius 1 is 1.14 bits per heavy atom. The van der Waals surface area contributed by atoms with E-state index in [1.54, 1.807) is 19.0 Å². The fourth-order valence-electron chi connectivity index (χ4n) is 3.08. The zero-order chi connectivity index (χ0) is 21.4. The van der Waals surface area contributed by atoms with Crippen LogP contribution in [0.1, 0.15) is 29.2 Å². The van der Waals surface area contributed by atoms with Crippen LogP contribution in [0.5, 0.6) is 0 Å². The maximum absolute atomic E-state index is 12.1. The minimum atomic E-state index is -0.644. The highest BCUT2D eigenvalue weighted by Crippen LogP contribution is 2.18. The molecule has 0 heterocycles. The molecule has 0 aliphatic rings. The van der Waals surface area contributed by atoms with E-state index >= 15 is 0 Å². The highest BCUT2D eigenvalue weighted by molar-refractivity contribution is 5.78. The second-order valence-electron chi connectivity index (χ2n) is 7.84. The van der Waals surface area contributed by atoms with Gasteiger partial charge in [-0.05, 0) is 35.6 Å². The molecule has 0 bridgehead atoms. The maximum atomic E-state index is 12.1. The number of nitrogens with two attached hydrogens (primary N) is 1. The largest absolute Gasteiger partial charge is 0.390 e. The van der Waals surface area contributed by atoms with E-state index in [0.717, 1.165) is 27.8 Å². The van der Waals surface area contributed by atoms with E-state index in [0.29, 0.717) is 25.9 Å². The van der Waals surface area contributed by atoms with Gasteiger partial charge in [-0.15, -0.1) is 0 Å². The second kappa shape index (κ2) is 10.9.